The molecule has 0 saturated heterocycles. The molecule has 0 fully saturated rings. The van der Waals surface area contributed by atoms with E-state index >= 15 is 0 Å². The first kappa shape index (κ1) is 9.90. The van der Waals surface area contributed by atoms with Crippen molar-refractivity contribution < 1.29 is 4.74 Å². The third kappa shape index (κ3) is 2.14. The molecule has 2 N–H and O–H groups in total. The van der Waals surface area contributed by atoms with Crippen LogP contribution in [0.1, 0.15) is 26.3 Å². The molecule has 0 aliphatic heterocycles. The fourth-order valence-electron chi connectivity index (χ4n) is 1.35. The van der Waals surface area contributed by atoms with Crippen molar-refractivity contribution in [3.63, 3.8) is 0 Å². The van der Waals surface area contributed by atoms with E-state index in [0.717, 1.165) is 17.0 Å². The van der Waals surface area contributed by atoms with Crippen LogP contribution < -0.4 is 10.5 Å². The second-order valence-electron chi connectivity index (χ2n) is 4.20. The number of hydrogen-bond donors (Lipinski definition) is 1. The first-order chi connectivity index (χ1) is 5.95. The molecule has 2 nitrogen and oxygen atoms in total. The van der Waals surface area contributed by atoms with Gasteiger partial charge in [0.2, 0.25) is 0 Å². The number of hydrogen-bond acceptors (Lipinski definition) is 2. The van der Waals surface area contributed by atoms with E-state index in [4.69, 9.17) is 10.5 Å². The van der Waals surface area contributed by atoms with E-state index in [2.05, 4.69) is 20.8 Å². The fourth-order valence-corrected chi connectivity index (χ4v) is 1.35. The van der Waals surface area contributed by atoms with Crippen molar-refractivity contribution in [1.82, 2.24) is 0 Å². The first-order valence-electron chi connectivity index (χ1n) is 4.39. The monoisotopic (exact) mass is 179 g/mol. The van der Waals surface area contributed by atoms with Gasteiger partial charge in [-0.2, -0.15) is 0 Å². The van der Waals surface area contributed by atoms with Crippen molar-refractivity contribution in [3.05, 3.63) is 23.8 Å². The highest BCUT2D eigenvalue weighted by molar-refractivity contribution is 5.54. The van der Waals surface area contributed by atoms with Gasteiger partial charge in [0.15, 0.2) is 0 Å². The molecule has 0 heterocycles. The van der Waals surface area contributed by atoms with E-state index in [1.54, 1.807) is 7.11 Å². The minimum Gasteiger partial charge on any atom is -0.497 e. The predicted octanol–water partition coefficient (Wildman–Crippen LogP) is 2.57. The minimum absolute atomic E-state index is 0.0936. The Bertz CT molecular complexity index is 299. The van der Waals surface area contributed by atoms with Crippen molar-refractivity contribution >= 4 is 5.69 Å². The number of ether oxygens (including phenoxy) is 1. The maximum Gasteiger partial charge on any atom is 0.120 e. The number of anilines is 1. The summed E-state index contributed by atoms with van der Waals surface area (Å²) >= 11 is 0. The van der Waals surface area contributed by atoms with Gasteiger partial charge in [-0.3, -0.25) is 0 Å². The summed E-state index contributed by atoms with van der Waals surface area (Å²) in [5.41, 5.74) is 7.96. The summed E-state index contributed by atoms with van der Waals surface area (Å²) in [6.45, 7) is 6.43. The van der Waals surface area contributed by atoms with Gasteiger partial charge in [-0.05, 0) is 17.0 Å². The van der Waals surface area contributed by atoms with Gasteiger partial charge >= 0.3 is 0 Å². The molecule has 0 saturated carbocycles. The molecule has 0 aliphatic rings. The van der Waals surface area contributed by atoms with E-state index in [0.29, 0.717) is 0 Å². The number of nitrogens with two attached hydrogens (primary N) is 1. The Hall–Kier alpha value is -1.18. The molecule has 1 aromatic rings. The van der Waals surface area contributed by atoms with Crippen LogP contribution in [-0.2, 0) is 5.41 Å². The standard InChI is InChI=1S/C11H17NO/c1-11(2,3)9-6-5-8(13-4)7-10(9)12/h5-7H,12H2,1-4H3. The van der Waals surface area contributed by atoms with Gasteiger partial charge < -0.3 is 10.5 Å². The Labute approximate surface area is 79.7 Å². The fraction of sp³-hybridized carbons (Fsp3) is 0.455. The molecule has 0 spiro atoms. The van der Waals surface area contributed by atoms with E-state index in [9.17, 15) is 0 Å². The molecule has 0 radical (unpaired) electrons. The van der Waals surface area contributed by atoms with Gasteiger partial charge in [0, 0.05) is 11.8 Å². The van der Waals surface area contributed by atoms with Crippen molar-refractivity contribution in [2.45, 2.75) is 26.2 Å². The van der Waals surface area contributed by atoms with E-state index < -0.39 is 0 Å². The molecule has 0 bridgehead atoms. The largest absolute Gasteiger partial charge is 0.497 e. The third-order valence-electron chi connectivity index (χ3n) is 2.07. The molecule has 0 aromatic heterocycles. The molecular formula is C11H17NO. The van der Waals surface area contributed by atoms with Crippen LogP contribution in [0.25, 0.3) is 0 Å². The molecule has 72 valence electrons. The molecule has 0 unspecified atom stereocenters. The highest BCUT2D eigenvalue weighted by Crippen LogP contribution is 2.30. The molecule has 13 heavy (non-hydrogen) atoms. The van der Waals surface area contributed by atoms with Crippen molar-refractivity contribution in [2.75, 3.05) is 12.8 Å². The summed E-state index contributed by atoms with van der Waals surface area (Å²) in [6, 6.07) is 5.83. The minimum atomic E-state index is 0.0936. The lowest BCUT2D eigenvalue weighted by Gasteiger charge is -2.21. The third-order valence-corrected chi connectivity index (χ3v) is 2.07. The molecule has 0 aliphatic carbocycles. The van der Waals surface area contributed by atoms with Crippen LogP contribution >= 0.6 is 0 Å². The number of rotatable bonds is 1. The maximum atomic E-state index is 5.90. The SMILES string of the molecule is COc1ccc(C(C)(C)C)c(N)c1. The van der Waals surface area contributed by atoms with Crippen LogP contribution in [0.4, 0.5) is 5.69 Å². The Morgan fingerprint density at radius 1 is 1.23 bits per heavy atom. The van der Waals surface area contributed by atoms with Gasteiger partial charge in [0.1, 0.15) is 5.75 Å². The summed E-state index contributed by atoms with van der Waals surface area (Å²) in [5, 5.41) is 0. The van der Waals surface area contributed by atoms with Gasteiger partial charge in [0.25, 0.3) is 0 Å². The highest BCUT2D eigenvalue weighted by Gasteiger charge is 2.16. The topological polar surface area (TPSA) is 35.2 Å². The van der Waals surface area contributed by atoms with Crippen LogP contribution in [0, 0.1) is 0 Å². The van der Waals surface area contributed by atoms with Gasteiger partial charge in [-0.25, -0.2) is 0 Å². The average molecular weight is 179 g/mol. The zero-order chi connectivity index (χ0) is 10.1. The lowest BCUT2D eigenvalue weighted by atomic mass is 9.86. The molecule has 0 atom stereocenters. The Morgan fingerprint density at radius 3 is 2.23 bits per heavy atom. The zero-order valence-corrected chi connectivity index (χ0v) is 8.72. The van der Waals surface area contributed by atoms with Crippen LogP contribution in [-0.4, -0.2) is 7.11 Å². The number of methoxy groups -OCH3 is 1. The summed E-state index contributed by atoms with van der Waals surface area (Å²) in [7, 11) is 1.64. The summed E-state index contributed by atoms with van der Waals surface area (Å²) in [4.78, 5) is 0. The molecule has 2 heteroatoms. The van der Waals surface area contributed by atoms with Gasteiger partial charge in [-0.15, -0.1) is 0 Å². The van der Waals surface area contributed by atoms with Crippen LogP contribution in [0.3, 0.4) is 0 Å². The second kappa shape index (κ2) is 3.29. The Morgan fingerprint density at radius 2 is 1.85 bits per heavy atom. The van der Waals surface area contributed by atoms with Gasteiger partial charge in [-0.1, -0.05) is 26.8 Å². The number of benzene rings is 1. The Balaban J connectivity index is 3.13. The van der Waals surface area contributed by atoms with Gasteiger partial charge in [0.05, 0.1) is 7.11 Å². The molecule has 1 aromatic carbocycles. The quantitative estimate of drug-likeness (QED) is 0.672. The van der Waals surface area contributed by atoms with Crippen LogP contribution in [0.2, 0.25) is 0 Å². The van der Waals surface area contributed by atoms with Crippen LogP contribution in [0.15, 0.2) is 18.2 Å². The lowest BCUT2D eigenvalue weighted by Crippen LogP contribution is -2.13. The number of nitrogen functional groups attached to an aromatic ring is 1. The van der Waals surface area contributed by atoms with Crippen molar-refractivity contribution in [3.8, 4) is 5.75 Å². The predicted molar refractivity (Wildman–Crippen MR) is 56.1 cm³/mol. The molecule has 0 amide bonds. The maximum absolute atomic E-state index is 5.90. The summed E-state index contributed by atoms with van der Waals surface area (Å²) < 4.78 is 5.08. The molecule has 1 rings (SSSR count). The van der Waals surface area contributed by atoms with E-state index in [1.807, 2.05) is 18.2 Å². The zero-order valence-electron chi connectivity index (χ0n) is 8.72. The normalized spacial score (nSPS) is 11.4. The van der Waals surface area contributed by atoms with Crippen molar-refractivity contribution in [2.24, 2.45) is 0 Å². The summed E-state index contributed by atoms with van der Waals surface area (Å²) in [5.74, 6) is 0.811. The highest BCUT2D eigenvalue weighted by atomic mass is 16.5. The first-order valence-corrected chi connectivity index (χ1v) is 4.39. The van der Waals surface area contributed by atoms with E-state index in [-0.39, 0.29) is 5.41 Å². The smallest absolute Gasteiger partial charge is 0.120 e. The lowest BCUT2D eigenvalue weighted by molar-refractivity contribution is 0.414. The van der Waals surface area contributed by atoms with E-state index in [1.165, 1.54) is 0 Å². The summed E-state index contributed by atoms with van der Waals surface area (Å²) in [6.07, 6.45) is 0. The second-order valence-corrected chi connectivity index (χ2v) is 4.20. The van der Waals surface area contributed by atoms with Crippen LogP contribution in [0.5, 0.6) is 5.75 Å². The Kier molecular flexibility index (Phi) is 2.50. The van der Waals surface area contributed by atoms with Crippen molar-refractivity contribution in [1.29, 1.82) is 0 Å². The molecular weight excluding hydrogens is 162 g/mol. The average Bonchev–Trinajstić information content (AvgIpc) is 2.01.